The number of hydrogen-bond donors (Lipinski definition) is 1. The van der Waals surface area contributed by atoms with Gasteiger partial charge in [-0.2, -0.15) is 5.10 Å². The van der Waals surface area contributed by atoms with Gasteiger partial charge in [0.25, 0.3) is 5.91 Å². The normalized spacial score (nSPS) is 18.0. The summed E-state index contributed by atoms with van der Waals surface area (Å²) in [5.41, 5.74) is 1.47. The van der Waals surface area contributed by atoms with Crippen molar-refractivity contribution in [3.05, 3.63) is 17.5 Å². The highest BCUT2D eigenvalue weighted by Crippen LogP contribution is 2.22. The van der Waals surface area contributed by atoms with Crippen LogP contribution in [-0.4, -0.2) is 46.6 Å². The van der Waals surface area contributed by atoms with Crippen molar-refractivity contribution < 1.29 is 9.59 Å². The fourth-order valence-corrected chi connectivity index (χ4v) is 2.79. The molecular weight excluding hydrogens is 268 g/mol. The Morgan fingerprint density at radius 1 is 1.48 bits per heavy atom. The largest absolute Gasteiger partial charge is 0.359 e. The van der Waals surface area contributed by atoms with Gasteiger partial charge in [0.05, 0.1) is 11.3 Å². The van der Waals surface area contributed by atoms with Gasteiger partial charge in [0.2, 0.25) is 5.91 Å². The highest BCUT2D eigenvalue weighted by atomic mass is 16.2. The number of carbonyl (C=O) groups excluding carboxylic acids is 2. The van der Waals surface area contributed by atoms with Crippen molar-refractivity contribution in [2.45, 2.75) is 39.7 Å². The maximum Gasteiger partial charge on any atom is 0.257 e. The van der Waals surface area contributed by atoms with Gasteiger partial charge in [-0.15, -0.1) is 0 Å². The first-order valence-corrected chi connectivity index (χ1v) is 7.59. The number of aromatic nitrogens is 2. The molecule has 0 aromatic carbocycles. The Kier molecular flexibility index (Phi) is 4.98. The van der Waals surface area contributed by atoms with Crippen molar-refractivity contribution in [3.63, 3.8) is 0 Å². The number of rotatable bonds is 5. The van der Waals surface area contributed by atoms with Gasteiger partial charge < -0.3 is 10.2 Å². The number of amides is 2. The van der Waals surface area contributed by atoms with Crippen LogP contribution in [0.2, 0.25) is 0 Å². The van der Waals surface area contributed by atoms with Gasteiger partial charge in [-0.1, -0.05) is 6.92 Å². The zero-order valence-electron chi connectivity index (χ0n) is 13.1. The molecule has 1 atom stereocenters. The van der Waals surface area contributed by atoms with Gasteiger partial charge in [0, 0.05) is 39.3 Å². The third kappa shape index (κ3) is 3.62. The lowest BCUT2D eigenvalue weighted by Gasteiger charge is -2.15. The summed E-state index contributed by atoms with van der Waals surface area (Å²) < 4.78 is 1.83. The van der Waals surface area contributed by atoms with Crippen LogP contribution in [0, 0.1) is 12.8 Å². The van der Waals surface area contributed by atoms with Gasteiger partial charge in [-0.3, -0.25) is 14.3 Å². The third-order valence-corrected chi connectivity index (χ3v) is 3.96. The van der Waals surface area contributed by atoms with Crippen LogP contribution < -0.4 is 5.32 Å². The molecule has 21 heavy (non-hydrogen) atoms. The lowest BCUT2D eigenvalue weighted by atomic mass is 10.0. The SMILES string of the molecule is CCCn1cc(C(=O)N2CCC(CC(=O)NC)C2)c(C)n1. The standard InChI is InChI=1S/C15H24N4O2/c1-4-6-19-10-13(11(2)17-19)15(21)18-7-5-12(9-18)8-14(20)16-3/h10,12H,4-9H2,1-3H3,(H,16,20). The summed E-state index contributed by atoms with van der Waals surface area (Å²) in [4.78, 5) is 25.8. The summed E-state index contributed by atoms with van der Waals surface area (Å²) in [6.07, 6.45) is 4.22. The Hall–Kier alpha value is -1.85. The minimum absolute atomic E-state index is 0.0364. The van der Waals surface area contributed by atoms with Gasteiger partial charge in [0.1, 0.15) is 0 Å². The molecule has 2 amide bonds. The van der Waals surface area contributed by atoms with Crippen molar-refractivity contribution in [1.82, 2.24) is 20.0 Å². The molecule has 116 valence electrons. The molecule has 0 bridgehead atoms. The van der Waals surface area contributed by atoms with Crippen molar-refractivity contribution in [2.75, 3.05) is 20.1 Å². The van der Waals surface area contributed by atoms with E-state index in [-0.39, 0.29) is 17.7 Å². The van der Waals surface area contributed by atoms with Crippen LogP contribution in [0.3, 0.4) is 0 Å². The minimum atomic E-state index is 0.0364. The van der Waals surface area contributed by atoms with Crippen LogP contribution in [0.1, 0.15) is 42.2 Å². The maximum atomic E-state index is 12.6. The van der Waals surface area contributed by atoms with Crippen molar-refractivity contribution in [1.29, 1.82) is 0 Å². The van der Waals surface area contributed by atoms with Crippen LogP contribution in [0.25, 0.3) is 0 Å². The third-order valence-electron chi connectivity index (χ3n) is 3.96. The molecule has 0 saturated carbocycles. The number of nitrogens with zero attached hydrogens (tertiary/aromatic N) is 3. The molecular formula is C15H24N4O2. The first-order chi connectivity index (χ1) is 10.0. The number of carbonyl (C=O) groups is 2. The maximum absolute atomic E-state index is 12.6. The lowest BCUT2D eigenvalue weighted by molar-refractivity contribution is -0.121. The molecule has 0 spiro atoms. The van der Waals surface area contributed by atoms with Crippen LogP contribution in [0.4, 0.5) is 0 Å². The van der Waals surface area contributed by atoms with E-state index in [1.54, 1.807) is 7.05 Å². The predicted molar refractivity (Wildman–Crippen MR) is 79.9 cm³/mol. The Balaban J connectivity index is 1.99. The zero-order valence-corrected chi connectivity index (χ0v) is 13.1. The van der Waals surface area contributed by atoms with Crippen molar-refractivity contribution in [3.8, 4) is 0 Å². The minimum Gasteiger partial charge on any atom is -0.359 e. The fraction of sp³-hybridized carbons (Fsp3) is 0.667. The number of likely N-dealkylation sites (tertiary alicyclic amines) is 1. The molecule has 1 saturated heterocycles. The lowest BCUT2D eigenvalue weighted by Crippen LogP contribution is -2.30. The summed E-state index contributed by atoms with van der Waals surface area (Å²) >= 11 is 0. The number of hydrogen-bond acceptors (Lipinski definition) is 3. The molecule has 2 heterocycles. The highest BCUT2D eigenvalue weighted by molar-refractivity contribution is 5.95. The van der Waals surface area contributed by atoms with Crippen LogP contribution in [-0.2, 0) is 11.3 Å². The molecule has 0 radical (unpaired) electrons. The molecule has 0 aliphatic carbocycles. The second-order valence-electron chi connectivity index (χ2n) is 5.67. The fourth-order valence-electron chi connectivity index (χ4n) is 2.79. The van der Waals surface area contributed by atoms with E-state index in [1.165, 1.54) is 0 Å². The van der Waals surface area contributed by atoms with E-state index in [1.807, 2.05) is 22.7 Å². The number of aryl methyl sites for hydroxylation is 2. The van der Waals surface area contributed by atoms with Crippen LogP contribution >= 0.6 is 0 Å². The molecule has 1 unspecified atom stereocenters. The average molecular weight is 292 g/mol. The quantitative estimate of drug-likeness (QED) is 0.886. The molecule has 1 N–H and O–H groups in total. The van der Waals surface area contributed by atoms with Gasteiger partial charge in [-0.05, 0) is 25.7 Å². The summed E-state index contributed by atoms with van der Waals surface area (Å²) in [7, 11) is 1.64. The van der Waals surface area contributed by atoms with E-state index in [9.17, 15) is 9.59 Å². The van der Waals surface area contributed by atoms with Crippen molar-refractivity contribution in [2.24, 2.45) is 5.92 Å². The summed E-state index contributed by atoms with van der Waals surface area (Å²) in [5, 5.41) is 7.02. The number of nitrogens with one attached hydrogen (secondary N) is 1. The van der Waals surface area contributed by atoms with E-state index in [0.29, 0.717) is 18.5 Å². The van der Waals surface area contributed by atoms with Gasteiger partial charge in [0.15, 0.2) is 0 Å². The predicted octanol–water partition coefficient (Wildman–Crippen LogP) is 1.20. The molecule has 2 rings (SSSR count). The first kappa shape index (κ1) is 15.5. The average Bonchev–Trinajstić information content (AvgIpc) is 3.05. The van der Waals surface area contributed by atoms with E-state index >= 15 is 0 Å². The molecule has 1 aromatic heterocycles. The Bertz CT molecular complexity index is 524. The monoisotopic (exact) mass is 292 g/mol. The summed E-state index contributed by atoms with van der Waals surface area (Å²) in [6, 6.07) is 0. The smallest absolute Gasteiger partial charge is 0.257 e. The van der Waals surface area contributed by atoms with Crippen molar-refractivity contribution >= 4 is 11.8 Å². The van der Waals surface area contributed by atoms with E-state index in [0.717, 1.165) is 31.6 Å². The Morgan fingerprint density at radius 2 is 2.24 bits per heavy atom. The summed E-state index contributed by atoms with van der Waals surface area (Å²) in [6.45, 7) is 6.16. The molecule has 1 fully saturated rings. The molecule has 1 aliphatic heterocycles. The van der Waals surface area contributed by atoms with Crippen LogP contribution in [0.5, 0.6) is 0 Å². The molecule has 1 aromatic rings. The summed E-state index contributed by atoms with van der Waals surface area (Å²) in [5.74, 6) is 0.343. The topological polar surface area (TPSA) is 67.2 Å². The molecule has 1 aliphatic rings. The van der Waals surface area contributed by atoms with Gasteiger partial charge in [-0.25, -0.2) is 0 Å². The van der Waals surface area contributed by atoms with E-state index in [2.05, 4.69) is 17.3 Å². The highest BCUT2D eigenvalue weighted by Gasteiger charge is 2.29. The molecule has 6 heteroatoms. The van der Waals surface area contributed by atoms with Crippen LogP contribution in [0.15, 0.2) is 6.20 Å². The first-order valence-electron chi connectivity index (χ1n) is 7.59. The van der Waals surface area contributed by atoms with E-state index in [4.69, 9.17) is 0 Å². The second kappa shape index (κ2) is 6.74. The zero-order chi connectivity index (χ0) is 15.4. The van der Waals surface area contributed by atoms with Gasteiger partial charge >= 0.3 is 0 Å². The van der Waals surface area contributed by atoms with E-state index < -0.39 is 0 Å². The Labute approximate surface area is 125 Å². The molecule has 6 nitrogen and oxygen atoms in total. The Morgan fingerprint density at radius 3 is 2.90 bits per heavy atom. The second-order valence-corrected chi connectivity index (χ2v) is 5.67.